The highest BCUT2D eigenvalue weighted by Gasteiger charge is 2.18. The van der Waals surface area contributed by atoms with Crippen LogP contribution in [-0.2, 0) is 0 Å². The average Bonchev–Trinajstić information content (AvgIpc) is 3.12. The summed E-state index contributed by atoms with van der Waals surface area (Å²) in [6.07, 6.45) is 9.39. The van der Waals surface area contributed by atoms with Crippen molar-refractivity contribution in [3.05, 3.63) is 46.5 Å². The molecule has 0 saturated carbocycles. The zero-order chi connectivity index (χ0) is 18.2. The molecule has 1 amide bonds. The lowest BCUT2D eigenvalue weighted by atomic mass is 9.97. The number of carbonyl (C=O) groups excluding carboxylic acids is 1. The minimum Gasteiger partial charge on any atom is -0.357 e. The van der Waals surface area contributed by atoms with Gasteiger partial charge in [-0.1, -0.05) is 12.2 Å². The Kier molecular flexibility index (Phi) is 7.01. The van der Waals surface area contributed by atoms with Gasteiger partial charge in [-0.05, 0) is 58.8 Å². The van der Waals surface area contributed by atoms with E-state index in [2.05, 4.69) is 27.2 Å². The Bertz CT molecular complexity index is 763. The summed E-state index contributed by atoms with van der Waals surface area (Å²) in [7, 11) is 2.12. The Balaban J connectivity index is 0.000000511. The van der Waals surface area contributed by atoms with Gasteiger partial charge in [-0.25, -0.2) is 0 Å². The van der Waals surface area contributed by atoms with Crippen LogP contribution in [0.3, 0.4) is 0 Å². The van der Waals surface area contributed by atoms with Gasteiger partial charge in [-0.15, -0.1) is 0 Å². The molecule has 0 aromatic carbocycles. The Morgan fingerprint density at radius 2 is 1.96 bits per heavy atom. The largest absolute Gasteiger partial charge is 0.357 e. The zero-order valence-electron chi connectivity index (χ0n) is 15.3. The van der Waals surface area contributed by atoms with E-state index in [0.29, 0.717) is 28.9 Å². The number of hydrogen-bond acceptors (Lipinski definition) is 3. The van der Waals surface area contributed by atoms with Crippen LogP contribution in [-0.4, -0.2) is 47.5 Å². The summed E-state index contributed by atoms with van der Waals surface area (Å²) < 4.78 is 0. The summed E-state index contributed by atoms with van der Waals surface area (Å²) >= 11 is 0. The van der Waals surface area contributed by atoms with Crippen molar-refractivity contribution in [2.24, 2.45) is 5.92 Å². The van der Waals surface area contributed by atoms with Crippen molar-refractivity contribution < 1.29 is 4.79 Å². The number of nitrogens with one attached hydrogen (secondary N) is 3. The Morgan fingerprint density at radius 3 is 2.60 bits per heavy atom. The molecule has 6 heteroatoms. The van der Waals surface area contributed by atoms with Crippen molar-refractivity contribution in [1.29, 1.82) is 0 Å². The molecule has 0 spiro atoms. The molecule has 3 N–H and O–H groups in total. The normalized spacial score (nSPS) is 16.0. The smallest absolute Gasteiger partial charge is 0.272 e. The maximum absolute atomic E-state index is 12.3. The van der Waals surface area contributed by atoms with E-state index in [1.807, 2.05) is 26.0 Å². The van der Waals surface area contributed by atoms with Gasteiger partial charge < -0.3 is 20.2 Å². The first-order valence-corrected chi connectivity index (χ1v) is 8.79. The monoisotopic (exact) mass is 344 g/mol. The lowest BCUT2D eigenvalue weighted by Gasteiger charge is -2.28. The summed E-state index contributed by atoms with van der Waals surface area (Å²) in [6.45, 7) is 6.86. The molecule has 2 aromatic rings. The van der Waals surface area contributed by atoms with Crippen LogP contribution in [0.1, 0.15) is 37.0 Å². The molecular weight excluding hydrogens is 316 g/mol. The number of H-pyrrole nitrogens is 2. The molecule has 1 aliphatic rings. The van der Waals surface area contributed by atoms with Gasteiger partial charge >= 0.3 is 0 Å². The summed E-state index contributed by atoms with van der Waals surface area (Å²) in [5.74, 6) is 0.407. The number of carbonyl (C=O) groups is 1. The molecule has 1 saturated heterocycles. The van der Waals surface area contributed by atoms with Crippen LogP contribution in [0, 0.1) is 5.92 Å². The molecule has 2 aromatic heterocycles. The second kappa shape index (κ2) is 9.22. The van der Waals surface area contributed by atoms with Crippen molar-refractivity contribution in [2.75, 3.05) is 26.7 Å². The highest BCUT2D eigenvalue weighted by Crippen LogP contribution is 2.16. The average molecular weight is 344 g/mol. The van der Waals surface area contributed by atoms with E-state index in [4.69, 9.17) is 0 Å². The van der Waals surface area contributed by atoms with Crippen molar-refractivity contribution in [3.8, 4) is 0 Å². The summed E-state index contributed by atoms with van der Waals surface area (Å²) in [4.78, 5) is 31.7. The summed E-state index contributed by atoms with van der Waals surface area (Å²) in [5, 5.41) is 3.66. The van der Waals surface area contributed by atoms with Crippen LogP contribution < -0.4 is 10.9 Å². The van der Waals surface area contributed by atoms with Crippen molar-refractivity contribution in [3.63, 3.8) is 0 Å². The first-order chi connectivity index (χ1) is 12.1. The number of nitrogens with zero attached hydrogens (tertiary/aromatic N) is 1. The number of aromatic nitrogens is 2. The number of aromatic amines is 2. The molecule has 0 unspecified atom stereocenters. The second-order valence-corrected chi connectivity index (χ2v) is 6.42. The highest BCUT2D eigenvalue weighted by molar-refractivity contribution is 6.05. The number of allylic oxidation sites excluding steroid dienone is 2. The second-order valence-electron chi connectivity index (χ2n) is 6.42. The van der Waals surface area contributed by atoms with Gasteiger partial charge in [-0.2, -0.15) is 0 Å². The fraction of sp³-hybridized carbons (Fsp3) is 0.474. The molecule has 1 fully saturated rings. The fourth-order valence-corrected chi connectivity index (χ4v) is 2.86. The number of likely N-dealkylation sites (tertiary alicyclic amines) is 1. The van der Waals surface area contributed by atoms with E-state index in [-0.39, 0.29) is 11.5 Å². The lowest BCUT2D eigenvalue weighted by Crippen LogP contribution is -2.37. The Labute approximate surface area is 148 Å². The van der Waals surface area contributed by atoms with Crippen LogP contribution in [0.25, 0.3) is 10.9 Å². The topological polar surface area (TPSA) is 81.0 Å². The van der Waals surface area contributed by atoms with Gasteiger partial charge in [0.2, 0.25) is 0 Å². The molecule has 25 heavy (non-hydrogen) atoms. The molecule has 3 rings (SSSR count). The van der Waals surface area contributed by atoms with Crippen LogP contribution in [0.15, 0.2) is 35.4 Å². The zero-order valence-corrected chi connectivity index (χ0v) is 15.3. The predicted octanol–water partition coefficient (Wildman–Crippen LogP) is 2.51. The highest BCUT2D eigenvalue weighted by atomic mass is 16.1. The molecule has 6 nitrogen and oxygen atoms in total. The van der Waals surface area contributed by atoms with Gasteiger partial charge in [-0.3, -0.25) is 9.59 Å². The third kappa shape index (κ3) is 5.06. The number of pyridine rings is 1. The van der Waals surface area contributed by atoms with Gasteiger partial charge in [0.15, 0.2) is 0 Å². The van der Waals surface area contributed by atoms with E-state index in [9.17, 15) is 9.59 Å². The molecule has 0 aliphatic carbocycles. The summed E-state index contributed by atoms with van der Waals surface area (Å²) in [5.41, 5.74) is 0.752. The number of piperidine rings is 1. The number of fused-ring (bicyclic) bond motifs is 1. The van der Waals surface area contributed by atoms with E-state index in [0.717, 1.165) is 25.9 Å². The van der Waals surface area contributed by atoms with Crippen LogP contribution in [0.2, 0.25) is 0 Å². The molecule has 136 valence electrons. The quantitative estimate of drug-likeness (QED) is 0.749. The van der Waals surface area contributed by atoms with Crippen molar-refractivity contribution in [1.82, 2.24) is 20.2 Å². The number of amides is 1. The molecule has 3 heterocycles. The lowest BCUT2D eigenvalue weighted by molar-refractivity contribution is 0.0940. The van der Waals surface area contributed by atoms with Gasteiger partial charge in [0, 0.05) is 24.3 Å². The Morgan fingerprint density at radius 1 is 1.28 bits per heavy atom. The van der Waals surface area contributed by atoms with Crippen LogP contribution >= 0.6 is 0 Å². The number of hydrogen-bond donors (Lipinski definition) is 3. The van der Waals surface area contributed by atoms with Crippen molar-refractivity contribution in [2.45, 2.75) is 26.7 Å². The standard InChI is InChI=1S/C15H20N4O2.C4H8/c1-19-6-3-10(4-7-19)8-17-14(20)12-9-18-15(21)13-11(12)2-5-16-13;1-3-4-2/h2,5,9-10,16H,3-4,6-8H2,1H3,(H,17,20)(H,18,21);3-4H,1-2H3/b;4-3+. The van der Waals surface area contributed by atoms with Gasteiger partial charge in [0.25, 0.3) is 11.5 Å². The fourth-order valence-electron chi connectivity index (χ4n) is 2.86. The first kappa shape index (κ1) is 19.0. The molecule has 1 aliphatic heterocycles. The third-order valence-electron chi connectivity index (χ3n) is 4.58. The molecular formula is C19H28N4O2. The van der Waals surface area contributed by atoms with Gasteiger partial charge in [0.1, 0.15) is 5.52 Å². The minimum atomic E-state index is -0.207. The van der Waals surface area contributed by atoms with Gasteiger partial charge in [0.05, 0.1) is 5.56 Å². The maximum atomic E-state index is 12.3. The van der Waals surface area contributed by atoms with E-state index in [1.165, 1.54) is 6.20 Å². The molecule has 0 radical (unpaired) electrons. The number of rotatable bonds is 3. The minimum absolute atomic E-state index is 0.130. The molecule has 0 atom stereocenters. The van der Waals surface area contributed by atoms with E-state index in [1.54, 1.807) is 12.3 Å². The maximum Gasteiger partial charge on any atom is 0.272 e. The van der Waals surface area contributed by atoms with Crippen LogP contribution in [0.5, 0.6) is 0 Å². The Hall–Kier alpha value is -2.34. The third-order valence-corrected chi connectivity index (χ3v) is 4.58. The molecule has 0 bridgehead atoms. The van der Waals surface area contributed by atoms with E-state index >= 15 is 0 Å². The summed E-state index contributed by atoms with van der Waals surface area (Å²) in [6, 6.07) is 1.76. The van der Waals surface area contributed by atoms with Crippen LogP contribution in [0.4, 0.5) is 0 Å². The van der Waals surface area contributed by atoms with Crippen molar-refractivity contribution >= 4 is 16.8 Å². The predicted molar refractivity (Wildman–Crippen MR) is 102 cm³/mol. The van der Waals surface area contributed by atoms with E-state index < -0.39 is 0 Å². The SMILES string of the molecule is C/C=C/C.CN1CCC(CNC(=O)c2c[nH]c(=O)c3[nH]ccc23)CC1. The first-order valence-electron chi connectivity index (χ1n) is 8.79.